The van der Waals surface area contributed by atoms with Crippen LogP contribution in [0.1, 0.15) is 39.5 Å². The average Bonchev–Trinajstić information content (AvgIpc) is 2.17. The normalized spacial score (nSPS) is 26.7. The summed E-state index contributed by atoms with van der Waals surface area (Å²) < 4.78 is 20.5. The Morgan fingerprint density at radius 3 is 2.31 bits per heavy atom. The molecule has 0 amide bonds. The topological polar surface area (TPSA) is 40.5 Å². The van der Waals surface area contributed by atoms with Crippen LogP contribution in [0.2, 0.25) is 0 Å². The van der Waals surface area contributed by atoms with Crippen LogP contribution < -0.4 is 0 Å². The average molecular weight is 205 g/mol. The fourth-order valence-electron chi connectivity index (χ4n) is 1.82. The molecule has 1 saturated heterocycles. The zero-order chi connectivity index (χ0) is 9.90. The second-order valence-electron chi connectivity index (χ2n) is 3.83. The van der Waals surface area contributed by atoms with Crippen LogP contribution in [0.5, 0.6) is 0 Å². The van der Waals surface area contributed by atoms with Gasteiger partial charge in [0.1, 0.15) is 4.87 Å². The molecule has 2 unspecified atom stereocenters. The summed E-state index contributed by atoms with van der Waals surface area (Å²) in [5.41, 5.74) is 0. The summed E-state index contributed by atoms with van der Waals surface area (Å²) in [6.07, 6.45) is 4.31. The van der Waals surface area contributed by atoms with Gasteiger partial charge >= 0.3 is 0 Å². The van der Waals surface area contributed by atoms with E-state index < -0.39 is 16.0 Å². The fraction of sp³-hybridized carbons (Fsp3) is 1.00. The van der Waals surface area contributed by atoms with Crippen LogP contribution in [0.25, 0.3) is 0 Å². The van der Waals surface area contributed by atoms with E-state index in [1.807, 2.05) is 13.8 Å². The monoisotopic (exact) mass is 205 g/mol. The third-order valence-electron chi connectivity index (χ3n) is 3.06. The smallest absolute Gasteiger partial charge is 0.173 e. The van der Waals surface area contributed by atoms with Gasteiger partial charge in [-0.25, -0.2) is 4.21 Å². The molecule has 0 aromatic carbocycles. The van der Waals surface area contributed by atoms with Gasteiger partial charge in [-0.2, -0.15) is 0 Å². The van der Waals surface area contributed by atoms with Crippen molar-refractivity contribution >= 4 is 11.1 Å². The molecule has 1 aliphatic heterocycles. The van der Waals surface area contributed by atoms with E-state index in [-0.39, 0.29) is 0 Å². The fourth-order valence-corrected chi connectivity index (χ4v) is 2.47. The Morgan fingerprint density at radius 2 is 1.92 bits per heavy atom. The predicted octanol–water partition coefficient (Wildman–Crippen LogP) is 1.82. The first-order valence-corrected chi connectivity index (χ1v) is 6.08. The lowest BCUT2D eigenvalue weighted by molar-refractivity contribution is 0.136. The Morgan fingerprint density at radius 1 is 1.38 bits per heavy atom. The van der Waals surface area contributed by atoms with Crippen molar-refractivity contribution in [1.29, 1.82) is 0 Å². The number of hydrogen-bond acceptors (Lipinski definition) is 2. The number of hydrogen-bond donors (Lipinski definition) is 1. The molecule has 1 fully saturated rings. The molecule has 0 bridgehead atoms. The van der Waals surface area contributed by atoms with E-state index in [0.717, 1.165) is 32.4 Å². The standard InChI is InChI=1S/C9H19NO2S/c1-3-9(2,13(11)12)10-7-5-4-6-8-10/h3-8H2,1-2H3,(H,11,12). The molecule has 1 N–H and O–H groups in total. The highest BCUT2D eigenvalue weighted by molar-refractivity contribution is 7.80. The minimum absolute atomic E-state index is 0.527. The minimum atomic E-state index is -1.74. The molecule has 0 spiro atoms. The van der Waals surface area contributed by atoms with Crippen molar-refractivity contribution in [2.45, 2.75) is 44.4 Å². The highest BCUT2D eigenvalue weighted by atomic mass is 32.2. The first kappa shape index (κ1) is 11.1. The molecule has 4 heteroatoms. The second-order valence-corrected chi connectivity index (χ2v) is 5.20. The van der Waals surface area contributed by atoms with E-state index in [2.05, 4.69) is 4.90 Å². The maximum absolute atomic E-state index is 11.2. The summed E-state index contributed by atoms with van der Waals surface area (Å²) in [7, 11) is 0. The summed E-state index contributed by atoms with van der Waals surface area (Å²) in [4.78, 5) is 1.63. The SMILES string of the molecule is CCC(C)(N1CCCCC1)S(=O)O. The van der Waals surface area contributed by atoms with Crippen LogP contribution >= 0.6 is 0 Å². The van der Waals surface area contributed by atoms with Crippen molar-refractivity contribution in [1.82, 2.24) is 4.90 Å². The van der Waals surface area contributed by atoms with Gasteiger partial charge in [-0.05, 0) is 39.3 Å². The Labute approximate surface area is 82.8 Å². The van der Waals surface area contributed by atoms with Gasteiger partial charge < -0.3 is 4.55 Å². The minimum Gasteiger partial charge on any atom is -0.305 e. The Bertz CT molecular complexity index is 192. The highest BCUT2D eigenvalue weighted by Crippen LogP contribution is 2.26. The molecule has 0 aromatic heterocycles. The van der Waals surface area contributed by atoms with E-state index in [0.29, 0.717) is 0 Å². The zero-order valence-corrected chi connectivity index (χ0v) is 9.27. The van der Waals surface area contributed by atoms with Gasteiger partial charge in [-0.15, -0.1) is 0 Å². The molecule has 0 aromatic rings. The molecule has 78 valence electrons. The van der Waals surface area contributed by atoms with E-state index >= 15 is 0 Å². The van der Waals surface area contributed by atoms with E-state index in [4.69, 9.17) is 0 Å². The molecule has 1 rings (SSSR count). The number of likely N-dealkylation sites (tertiary alicyclic amines) is 1. The van der Waals surface area contributed by atoms with Crippen LogP contribution in [0.3, 0.4) is 0 Å². The highest BCUT2D eigenvalue weighted by Gasteiger charge is 2.36. The van der Waals surface area contributed by atoms with Crippen LogP contribution in [0.15, 0.2) is 0 Å². The zero-order valence-electron chi connectivity index (χ0n) is 8.45. The molecule has 1 aliphatic rings. The van der Waals surface area contributed by atoms with Crippen molar-refractivity contribution in [2.75, 3.05) is 13.1 Å². The van der Waals surface area contributed by atoms with Crippen molar-refractivity contribution < 1.29 is 8.76 Å². The molecule has 0 saturated carbocycles. The Balaban J connectivity index is 2.68. The summed E-state index contributed by atoms with van der Waals surface area (Å²) in [6.45, 7) is 5.80. The maximum atomic E-state index is 11.2. The Hall–Kier alpha value is 0.0700. The van der Waals surface area contributed by atoms with Gasteiger partial charge in [0, 0.05) is 0 Å². The van der Waals surface area contributed by atoms with E-state index in [1.54, 1.807) is 0 Å². The lowest BCUT2D eigenvalue weighted by atomic mass is 10.1. The molecule has 0 aliphatic carbocycles. The lowest BCUT2D eigenvalue weighted by Gasteiger charge is -2.40. The summed E-state index contributed by atoms with van der Waals surface area (Å²) in [5, 5.41) is 0. The van der Waals surface area contributed by atoms with E-state index in [9.17, 15) is 8.76 Å². The summed E-state index contributed by atoms with van der Waals surface area (Å²) in [5.74, 6) is 0. The quantitative estimate of drug-likeness (QED) is 0.714. The molecule has 3 nitrogen and oxygen atoms in total. The molecule has 1 heterocycles. The molecule has 13 heavy (non-hydrogen) atoms. The lowest BCUT2D eigenvalue weighted by Crippen LogP contribution is -2.51. The van der Waals surface area contributed by atoms with Crippen LogP contribution in [0.4, 0.5) is 0 Å². The molecular formula is C9H19NO2S. The third-order valence-corrected chi connectivity index (χ3v) is 4.36. The summed E-state index contributed by atoms with van der Waals surface area (Å²) in [6, 6.07) is 0. The van der Waals surface area contributed by atoms with Crippen molar-refractivity contribution in [3.05, 3.63) is 0 Å². The van der Waals surface area contributed by atoms with Gasteiger partial charge in [0.2, 0.25) is 0 Å². The molecular weight excluding hydrogens is 186 g/mol. The van der Waals surface area contributed by atoms with Crippen LogP contribution in [0, 0.1) is 0 Å². The van der Waals surface area contributed by atoms with Crippen LogP contribution in [-0.4, -0.2) is 31.6 Å². The first-order valence-electron chi connectivity index (χ1n) is 4.97. The van der Waals surface area contributed by atoms with E-state index in [1.165, 1.54) is 6.42 Å². The number of piperidine rings is 1. The number of nitrogens with zero attached hydrogens (tertiary/aromatic N) is 1. The van der Waals surface area contributed by atoms with Crippen molar-refractivity contribution in [3.63, 3.8) is 0 Å². The Kier molecular flexibility index (Phi) is 3.88. The summed E-state index contributed by atoms with van der Waals surface area (Å²) >= 11 is -1.74. The van der Waals surface area contributed by atoms with Crippen molar-refractivity contribution in [3.8, 4) is 0 Å². The van der Waals surface area contributed by atoms with Gasteiger partial charge in [0.05, 0.1) is 0 Å². The van der Waals surface area contributed by atoms with Gasteiger partial charge in [-0.1, -0.05) is 13.3 Å². The molecule has 2 atom stereocenters. The van der Waals surface area contributed by atoms with Gasteiger partial charge in [0.25, 0.3) is 0 Å². The number of rotatable bonds is 3. The molecule has 0 radical (unpaired) electrons. The van der Waals surface area contributed by atoms with Gasteiger partial charge in [-0.3, -0.25) is 4.90 Å². The first-order chi connectivity index (χ1) is 6.11. The third kappa shape index (κ3) is 2.30. The van der Waals surface area contributed by atoms with Crippen LogP contribution in [-0.2, 0) is 11.1 Å². The van der Waals surface area contributed by atoms with Crippen molar-refractivity contribution in [2.24, 2.45) is 0 Å². The predicted molar refractivity (Wildman–Crippen MR) is 54.9 cm³/mol. The van der Waals surface area contributed by atoms with Gasteiger partial charge in [0.15, 0.2) is 11.1 Å². The second kappa shape index (κ2) is 4.53. The maximum Gasteiger partial charge on any atom is 0.173 e. The largest absolute Gasteiger partial charge is 0.305 e.